The van der Waals surface area contributed by atoms with Gasteiger partial charge in [0.1, 0.15) is 24.4 Å². The van der Waals surface area contributed by atoms with Crippen molar-refractivity contribution < 1.29 is 30.6 Å². The van der Waals surface area contributed by atoms with E-state index in [9.17, 15) is 10.2 Å². The highest BCUT2D eigenvalue weighted by atomic mass is 79.9. The fourth-order valence-electron chi connectivity index (χ4n) is 0.728. The van der Waals surface area contributed by atoms with Crippen molar-refractivity contribution >= 4 is 31.9 Å². The summed E-state index contributed by atoms with van der Waals surface area (Å²) in [6.45, 7) is -0.770. The molecule has 0 saturated heterocycles. The molecule has 0 aromatic rings. The molecule has 0 aliphatic rings. The average Bonchev–Trinajstić information content (AvgIpc) is 2.11. The Bertz CT molecular complexity index is 172. The van der Waals surface area contributed by atoms with Crippen LogP contribution in [0.4, 0.5) is 0 Å². The molecule has 0 aromatic heterocycles. The van der Waals surface area contributed by atoms with Gasteiger partial charge in [-0.05, 0) is 31.9 Å². The smallest absolute Gasteiger partial charge is 0.203 e. The maximum absolute atomic E-state index is 9.23. The van der Waals surface area contributed by atoms with Gasteiger partial charge in [-0.1, -0.05) is 0 Å². The topological polar surface area (TPSA) is 121 Å². The first-order valence-corrected chi connectivity index (χ1v) is 5.23. The quantitative estimate of drug-likeness (QED) is 0.318. The Hall–Kier alpha value is 0.720. The standard InChI is InChI=1S/C6H12Br2O6/c7-6(8,14)5(13)4(12)3(11)2(10)1-9/h2-5,9-14H,1H2/t2-,3+,4-,5+/m0/s1. The number of hydrogen-bond acceptors (Lipinski definition) is 6. The largest absolute Gasteiger partial charge is 0.394 e. The maximum Gasteiger partial charge on any atom is 0.203 e. The number of aliphatic hydroxyl groups is 6. The second kappa shape index (κ2) is 5.71. The van der Waals surface area contributed by atoms with E-state index in [1.807, 2.05) is 0 Å². The predicted molar refractivity (Wildman–Crippen MR) is 53.9 cm³/mol. The molecule has 0 fully saturated rings. The van der Waals surface area contributed by atoms with E-state index in [1.165, 1.54) is 0 Å². The minimum absolute atomic E-state index is 0.770. The number of halogens is 2. The summed E-state index contributed by atoms with van der Waals surface area (Å²) in [5.41, 5.74) is 0. The molecule has 6 N–H and O–H groups in total. The van der Waals surface area contributed by atoms with E-state index in [2.05, 4.69) is 31.9 Å². The summed E-state index contributed by atoms with van der Waals surface area (Å²) >= 11 is 5.18. The molecule has 0 spiro atoms. The zero-order valence-corrected chi connectivity index (χ0v) is 10.1. The van der Waals surface area contributed by atoms with Crippen LogP contribution < -0.4 is 0 Å². The zero-order chi connectivity index (χ0) is 11.5. The lowest BCUT2D eigenvalue weighted by Crippen LogP contribution is -2.51. The molecular formula is C6H12Br2O6. The summed E-state index contributed by atoms with van der Waals surface area (Å²) in [7, 11) is 0. The van der Waals surface area contributed by atoms with Gasteiger partial charge in [-0.25, -0.2) is 0 Å². The Labute approximate surface area is 97.1 Å². The van der Waals surface area contributed by atoms with Gasteiger partial charge in [-0.2, -0.15) is 0 Å². The zero-order valence-electron chi connectivity index (χ0n) is 6.96. The second-order valence-corrected chi connectivity index (χ2v) is 6.25. The van der Waals surface area contributed by atoms with Crippen LogP contribution in [-0.4, -0.2) is 65.1 Å². The lowest BCUT2D eigenvalue weighted by molar-refractivity contribution is -0.130. The van der Waals surface area contributed by atoms with Gasteiger partial charge >= 0.3 is 0 Å². The third-order valence-electron chi connectivity index (χ3n) is 1.61. The van der Waals surface area contributed by atoms with Crippen LogP contribution >= 0.6 is 31.9 Å². The number of rotatable bonds is 5. The highest BCUT2D eigenvalue weighted by Gasteiger charge is 2.40. The molecule has 0 saturated carbocycles. The van der Waals surface area contributed by atoms with Crippen molar-refractivity contribution in [1.29, 1.82) is 0 Å². The lowest BCUT2D eigenvalue weighted by Gasteiger charge is -2.30. The van der Waals surface area contributed by atoms with Crippen LogP contribution in [0.1, 0.15) is 0 Å². The number of aliphatic hydroxyl groups excluding tert-OH is 5. The van der Waals surface area contributed by atoms with Gasteiger partial charge in [0.05, 0.1) is 6.61 Å². The molecule has 6 nitrogen and oxygen atoms in total. The molecule has 0 aliphatic heterocycles. The molecule has 0 aliphatic carbocycles. The molecule has 0 unspecified atom stereocenters. The Morgan fingerprint density at radius 2 is 1.43 bits per heavy atom. The first-order chi connectivity index (χ1) is 6.21. The summed E-state index contributed by atoms with van der Waals surface area (Å²) < 4.78 is -1.98. The summed E-state index contributed by atoms with van der Waals surface area (Å²) in [6, 6.07) is 0. The molecular weight excluding hydrogens is 328 g/mol. The van der Waals surface area contributed by atoms with Gasteiger partial charge in [0.25, 0.3) is 0 Å². The van der Waals surface area contributed by atoms with Gasteiger partial charge in [0.15, 0.2) is 0 Å². The first-order valence-electron chi connectivity index (χ1n) is 3.65. The molecule has 0 amide bonds. The molecule has 8 heteroatoms. The Morgan fingerprint density at radius 3 is 1.71 bits per heavy atom. The van der Waals surface area contributed by atoms with Crippen molar-refractivity contribution in [3.8, 4) is 0 Å². The van der Waals surface area contributed by atoms with Crippen molar-refractivity contribution in [3.63, 3.8) is 0 Å². The van der Waals surface area contributed by atoms with Gasteiger partial charge in [-0.15, -0.1) is 0 Å². The number of hydrogen-bond donors (Lipinski definition) is 6. The molecule has 86 valence electrons. The van der Waals surface area contributed by atoms with Crippen LogP contribution in [0.2, 0.25) is 0 Å². The lowest BCUT2D eigenvalue weighted by atomic mass is 10.0. The summed E-state index contributed by atoms with van der Waals surface area (Å²) in [5, 5.41) is 54.1. The third kappa shape index (κ3) is 4.07. The van der Waals surface area contributed by atoms with Gasteiger partial charge in [0.2, 0.25) is 3.42 Å². The molecule has 4 atom stereocenters. The third-order valence-corrected chi connectivity index (χ3v) is 2.55. The summed E-state index contributed by atoms with van der Waals surface area (Å²) in [6.07, 6.45) is -6.96. The Balaban J connectivity index is 4.38. The molecule has 14 heavy (non-hydrogen) atoms. The van der Waals surface area contributed by atoms with E-state index in [-0.39, 0.29) is 0 Å². The van der Waals surface area contributed by atoms with Crippen LogP contribution in [-0.2, 0) is 0 Å². The Kier molecular flexibility index (Phi) is 6.00. The van der Waals surface area contributed by atoms with Gasteiger partial charge in [0, 0.05) is 0 Å². The monoisotopic (exact) mass is 338 g/mol. The number of alkyl halides is 2. The predicted octanol–water partition coefficient (Wildman–Crippen LogP) is -2.14. The molecule has 0 aromatic carbocycles. The molecule has 0 bridgehead atoms. The van der Waals surface area contributed by atoms with E-state index in [0.29, 0.717) is 0 Å². The van der Waals surface area contributed by atoms with Crippen molar-refractivity contribution in [2.75, 3.05) is 6.61 Å². The first kappa shape index (κ1) is 14.7. The molecule has 0 radical (unpaired) electrons. The highest BCUT2D eigenvalue weighted by Crippen LogP contribution is 2.29. The SMILES string of the molecule is OC[C@H](O)[C@@H](O)[C@H](O)[C@@H](O)C(O)(Br)Br. The van der Waals surface area contributed by atoms with E-state index in [1.54, 1.807) is 0 Å². The van der Waals surface area contributed by atoms with E-state index >= 15 is 0 Å². The fourth-order valence-corrected chi connectivity index (χ4v) is 1.27. The van der Waals surface area contributed by atoms with Gasteiger partial charge in [-0.3, -0.25) is 0 Å². The highest BCUT2D eigenvalue weighted by molar-refractivity contribution is 9.25. The minimum atomic E-state index is -1.98. The van der Waals surface area contributed by atoms with Crippen molar-refractivity contribution in [1.82, 2.24) is 0 Å². The van der Waals surface area contributed by atoms with Crippen LogP contribution in [0.3, 0.4) is 0 Å². The van der Waals surface area contributed by atoms with Crippen molar-refractivity contribution in [2.45, 2.75) is 27.8 Å². The van der Waals surface area contributed by atoms with E-state index in [4.69, 9.17) is 20.4 Å². The Morgan fingerprint density at radius 1 is 1.00 bits per heavy atom. The van der Waals surface area contributed by atoms with Crippen LogP contribution in [0.5, 0.6) is 0 Å². The summed E-state index contributed by atoms with van der Waals surface area (Å²) in [4.78, 5) is 0. The second-order valence-electron chi connectivity index (χ2n) is 2.76. The minimum Gasteiger partial charge on any atom is -0.394 e. The molecule has 0 heterocycles. The van der Waals surface area contributed by atoms with E-state index in [0.717, 1.165) is 0 Å². The van der Waals surface area contributed by atoms with Crippen LogP contribution in [0.15, 0.2) is 0 Å². The maximum atomic E-state index is 9.23. The normalized spacial score (nSPS) is 21.4. The van der Waals surface area contributed by atoms with E-state index < -0.39 is 34.4 Å². The van der Waals surface area contributed by atoms with Crippen molar-refractivity contribution in [2.24, 2.45) is 0 Å². The van der Waals surface area contributed by atoms with Crippen LogP contribution in [0, 0.1) is 0 Å². The van der Waals surface area contributed by atoms with Crippen molar-refractivity contribution in [3.05, 3.63) is 0 Å². The average molecular weight is 340 g/mol. The van der Waals surface area contributed by atoms with Gasteiger partial charge < -0.3 is 30.6 Å². The molecule has 0 rings (SSSR count). The van der Waals surface area contributed by atoms with Crippen LogP contribution in [0.25, 0.3) is 0 Å². The fraction of sp³-hybridized carbons (Fsp3) is 1.00. The summed E-state index contributed by atoms with van der Waals surface area (Å²) in [5.74, 6) is 0.